The van der Waals surface area contributed by atoms with E-state index in [1.54, 1.807) is 0 Å². The zero-order chi connectivity index (χ0) is 28.8. The van der Waals surface area contributed by atoms with Gasteiger partial charge in [0, 0.05) is 30.0 Å². The van der Waals surface area contributed by atoms with Gasteiger partial charge in [0.2, 0.25) is 5.95 Å². The summed E-state index contributed by atoms with van der Waals surface area (Å²) in [6.07, 6.45) is 5.87. The van der Waals surface area contributed by atoms with Crippen molar-refractivity contribution in [1.29, 1.82) is 0 Å². The van der Waals surface area contributed by atoms with Gasteiger partial charge in [-0.15, -0.1) is 0 Å². The van der Waals surface area contributed by atoms with Crippen LogP contribution >= 0.6 is 0 Å². The number of nitrogens with zero attached hydrogens (tertiary/aromatic N) is 5. The van der Waals surface area contributed by atoms with Gasteiger partial charge in [0.15, 0.2) is 0 Å². The Hall–Kier alpha value is -4.11. The molecule has 1 aromatic heterocycles. The fourth-order valence-corrected chi connectivity index (χ4v) is 4.72. The van der Waals surface area contributed by atoms with Crippen molar-refractivity contribution in [2.24, 2.45) is 4.99 Å². The molecule has 216 valence electrons. The third-order valence-electron chi connectivity index (χ3n) is 7.29. The number of aryl methyl sites for hydroxylation is 1. The van der Waals surface area contributed by atoms with Gasteiger partial charge in [0.05, 0.1) is 6.17 Å². The molecule has 2 aliphatic rings. The van der Waals surface area contributed by atoms with Crippen molar-refractivity contribution in [1.82, 2.24) is 14.9 Å². The highest BCUT2D eigenvalue weighted by Gasteiger charge is 2.16. The van der Waals surface area contributed by atoms with Crippen molar-refractivity contribution >= 4 is 29.1 Å². The lowest BCUT2D eigenvalue weighted by molar-refractivity contribution is 0.238. The number of aromatic nitrogens is 2. The molecular formula is C32H41N8O-. The molecular weight excluding hydrogens is 512 g/mol. The van der Waals surface area contributed by atoms with Gasteiger partial charge in [-0.05, 0) is 105 Å². The molecule has 3 heterocycles. The van der Waals surface area contributed by atoms with Gasteiger partial charge in [-0.2, -0.15) is 4.98 Å². The molecule has 0 spiro atoms. The van der Waals surface area contributed by atoms with E-state index in [0.717, 1.165) is 40.6 Å². The van der Waals surface area contributed by atoms with Crippen LogP contribution in [-0.4, -0.2) is 53.2 Å². The quantitative estimate of drug-likeness (QED) is 0.268. The smallest absolute Gasteiger partial charge is 0.225 e. The van der Waals surface area contributed by atoms with Gasteiger partial charge in [0.25, 0.3) is 0 Å². The average molecular weight is 554 g/mol. The third kappa shape index (κ3) is 7.76. The Labute approximate surface area is 243 Å². The van der Waals surface area contributed by atoms with E-state index in [1.165, 1.54) is 31.5 Å². The van der Waals surface area contributed by atoms with Crippen LogP contribution in [0.5, 0.6) is 5.75 Å². The van der Waals surface area contributed by atoms with Crippen LogP contribution in [0.15, 0.2) is 71.5 Å². The Morgan fingerprint density at radius 3 is 2.54 bits per heavy atom. The second-order valence-electron chi connectivity index (χ2n) is 11.7. The predicted octanol–water partition coefficient (Wildman–Crippen LogP) is 6.80. The maximum Gasteiger partial charge on any atom is 0.225 e. The van der Waals surface area contributed by atoms with E-state index in [2.05, 4.69) is 75.9 Å². The summed E-state index contributed by atoms with van der Waals surface area (Å²) in [6.45, 7) is 14.7. The van der Waals surface area contributed by atoms with E-state index >= 15 is 0 Å². The van der Waals surface area contributed by atoms with Crippen LogP contribution in [0.3, 0.4) is 0 Å². The minimum absolute atomic E-state index is 0.0631. The van der Waals surface area contributed by atoms with Crippen molar-refractivity contribution in [3.05, 3.63) is 82.9 Å². The van der Waals surface area contributed by atoms with Gasteiger partial charge < -0.3 is 31.0 Å². The molecule has 3 N–H and O–H groups in total. The lowest BCUT2D eigenvalue weighted by Crippen LogP contribution is -2.29. The van der Waals surface area contributed by atoms with Gasteiger partial charge in [0.1, 0.15) is 18.2 Å². The van der Waals surface area contributed by atoms with Gasteiger partial charge in [-0.3, -0.25) is 4.90 Å². The van der Waals surface area contributed by atoms with Gasteiger partial charge in [-0.1, -0.05) is 32.9 Å². The van der Waals surface area contributed by atoms with Crippen molar-refractivity contribution in [3.8, 4) is 5.75 Å². The van der Waals surface area contributed by atoms with Crippen molar-refractivity contribution in [3.63, 3.8) is 0 Å². The van der Waals surface area contributed by atoms with E-state index in [-0.39, 0.29) is 11.6 Å². The highest BCUT2D eigenvalue weighted by atomic mass is 16.5. The molecule has 0 radical (unpaired) electrons. The maximum atomic E-state index is 5.92. The van der Waals surface area contributed by atoms with E-state index in [0.29, 0.717) is 18.5 Å². The molecule has 0 amide bonds. The molecule has 41 heavy (non-hydrogen) atoms. The van der Waals surface area contributed by atoms with Crippen molar-refractivity contribution in [2.75, 3.05) is 42.2 Å². The maximum absolute atomic E-state index is 5.92. The first kappa shape index (κ1) is 28.4. The number of rotatable bonds is 9. The van der Waals surface area contributed by atoms with Crippen LogP contribution in [0.2, 0.25) is 0 Å². The molecule has 0 saturated carbocycles. The molecule has 1 unspecified atom stereocenters. The molecule has 1 atom stereocenters. The largest absolute Gasteiger partial charge is 0.492 e. The molecule has 2 aliphatic heterocycles. The standard InChI is InChI=1S/C32H41N8O/c1-22-20-34-31(37-28(22)35-26-10-8-9-24(19-26)32(3,4)5)39-29-23(2)21-33-30(38-29)36-25-11-13-27(14-12-25)41-18-17-40-15-6-7-16-40/h8-14,19-21,29H,6-7,15-18H2,1-5H3,(H3-,33,34,35,36,37,38,39)/q-1. The minimum Gasteiger partial charge on any atom is -0.492 e. The van der Waals surface area contributed by atoms with Gasteiger partial charge in [-0.25, -0.2) is 4.98 Å². The molecule has 0 aliphatic carbocycles. The number of hydrogen-bond acceptors (Lipinski definition) is 8. The number of likely N-dealkylation sites (tertiary alicyclic amines) is 1. The number of guanidine groups is 1. The van der Waals surface area contributed by atoms with Crippen LogP contribution in [0.4, 0.5) is 23.1 Å². The number of aliphatic imine (C=N–C) groups is 1. The van der Waals surface area contributed by atoms with E-state index in [9.17, 15) is 0 Å². The summed E-state index contributed by atoms with van der Waals surface area (Å²) in [5, 5.41) is 14.9. The normalized spacial score (nSPS) is 17.3. The molecule has 1 saturated heterocycles. The lowest BCUT2D eigenvalue weighted by atomic mass is 9.87. The Morgan fingerprint density at radius 1 is 1.00 bits per heavy atom. The Kier molecular flexibility index (Phi) is 8.73. The lowest BCUT2D eigenvalue weighted by Gasteiger charge is -2.32. The summed E-state index contributed by atoms with van der Waals surface area (Å²) >= 11 is 0. The summed E-state index contributed by atoms with van der Waals surface area (Å²) in [4.78, 5) is 16.2. The zero-order valence-corrected chi connectivity index (χ0v) is 24.7. The fourth-order valence-electron chi connectivity index (χ4n) is 4.72. The number of nitrogens with one attached hydrogen (secondary N) is 3. The highest BCUT2D eigenvalue weighted by Crippen LogP contribution is 2.28. The monoisotopic (exact) mass is 553 g/mol. The summed E-state index contributed by atoms with van der Waals surface area (Å²) in [5.74, 6) is 2.61. The second-order valence-corrected chi connectivity index (χ2v) is 11.7. The Balaban J connectivity index is 1.17. The van der Waals surface area contributed by atoms with E-state index < -0.39 is 0 Å². The first-order chi connectivity index (χ1) is 19.7. The molecule has 5 rings (SSSR count). The Bertz CT molecular complexity index is 1390. The number of ether oxygens (including phenoxy) is 1. The first-order valence-corrected chi connectivity index (χ1v) is 14.4. The zero-order valence-electron chi connectivity index (χ0n) is 24.7. The number of hydrogen-bond donors (Lipinski definition) is 3. The second kappa shape index (κ2) is 12.6. The molecule has 9 nitrogen and oxygen atoms in total. The summed E-state index contributed by atoms with van der Waals surface area (Å²) in [7, 11) is 0. The molecule has 1 fully saturated rings. The summed E-state index contributed by atoms with van der Waals surface area (Å²) in [6, 6.07) is 16.3. The SMILES string of the molecule is CC1=CN=C(Nc2ccc(OCCN3CCCC3)cc2)[N-]C1Nc1ncc(C)c(Nc2cccc(C(C)(C)C)c2)n1. The highest BCUT2D eigenvalue weighted by molar-refractivity contribution is 6.05. The molecule has 3 aromatic rings. The molecule has 0 bridgehead atoms. The van der Waals surface area contributed by atoms with E-state index in [4.69, 9.17) is 15.0 Å². The van der Waals surface area contributed by atoms with Crippen LogP contribution in [-0.2, 0) is 5.41 Å². The van der Waals surface area contributed by atoms with Gasteiger partial charge >= 0.3 is 0 Å². The number of benzene rings is 2. The molecule has 2 aromatic carbocycles. The van der Waals surface area contributed by atoms with Crippen LogP contribution in [0.25, 0.3) is 5.32 Å². The molecule has 9 heteroatoms. The van der Waals surface area contributed by atoms with Crippen LogP contribution < -0.4 is 20.7 Å². The summed E-state index contributed by atoms with van der Waals surface area (Å²) < 4.78 is 5.92. The minimum atomic E-state index is -0.344. The van der Waals surface area contributed by atoms with E-state index in [1.807, 2.05) is 50.5 Å². The first-order valence-electron chi connectivity index (χ1n) is 14.4. The third-order valence-corrected chi connectivity index (χ3v) is 7.29. The van der Waals surface area contributed by atoms with Crippen molar-refractivity contribution < 1.29 is 4.74 Å². The average Bonchev–Trinajstić information content (AvgIpc) is 3.47. The van der Waals surface area contributed by atoms with Crippen LogP contribution in [0.1, 0.15) is 51.7 Å². The topological polar surface area (TPSA) is 101 Å². The van der Waals surface area contributed by atoms with Crippen LogP contribution in [0, 0.1) is 6.92 Å². The Morgan fingerprint density at radius 2 is 1.78 bits per heavy atom. The predicted molar refractivity (Wildman–Crippen MR) is 168 cm³/mol. The fraction of sp³-hybridized carbons (Fsp3) is 0.406. The summed E-state index contributed by atoms with van der Waals surface area (Å²) in [5.41, 5.74) is 5.12. The number of anilines is 4. The van der Waals surface area contributed by atoms with Crippen molar-refractivity contribution in [2.45, 2.75) is 59.0 Å².